The summed E-state index contributed by atoms with van der Waals surface area (Å²) in [6.07, 6.45) is 2.41. The van der Waals surface area contributed by atoms with Gasteiger partial charge in [0.05, 0.1) is 0 Å². The lowest BCUT2D eigenvalue weighted by molar-refractivity contribution is -0.122. The van der Waals surface area contributed by atoms with E-state index in [1.54, 1.807) is 0 Å². The third kappa shape index (κ3) is 7.64. The molecule has 0 saturated carbocycles. The van der Waals surface area contributed by atoms with Gasteiger partial charge in [-0.2, -0.15) is 0 Å². The summed E-state index contributed by atoms with van der Waals surface area (Å²) < 4.78 is 0. The molecule has 3 amide bonds. The number of carbonyl (C=O) groups is 2. The van der Waals surface area contributed by atoms with E-state index in [1.807, 2.05) is 18.7 Å². The van der Waals surface area contributed by atoms with Crippen molar-refractivity contribution < 1.29 is 9.59 Å². The highest BCUT2D eigenvalue weighted by atomic mass is 16.2. The van der Waals surface area contributed by atoms with Gasteiger partial charge >= 0.3 is 6.03 Å². The maximum atomic E-state index is 12.1. The Kier molecular flexibility index (Phi) is 7.13. The van der Waals surface area contributed by atoms with Crippen molar-refractivity contribution in [3.63, 3.8) is 0 Å². The first-order valence-corrected chi connectivity index (χ1v) is 8.25. The number of piperidine rings is 1. The SMILES string of the molecule is CC(C)CNC(=O)N1CCCC(CC(=O)NCC(C)(C)N)C1. The second kappa shape index (κ2) is 8.36. The summed E-state index contributed by atoms with van der Waals surface area (Å²) in [5.41, 5.74) is 5.46. The Labute approximate surface area is 134 Å². The number of hydrogen-bond donors (Lipinski definition) is 3. The third-order valence-corrected chi connectivity index (χ3v) is 3.68. The first-order chi connectivity index (χ1) is 10.2. The summed E-state index contributed by atoms with van der Waals surface area (Å²) in [5, 5.41) is 5.81. The van der Waals surface area contributed by atoms with Crippen LogP contribution in [0.4, 0.5) is 4.79 Å². The lowest BCUT2D eigenvalue weighted by Gasteiger charge is -2.33. The van der Waals surface area contributed by atoms with Crippen LogP contribution in [0.3, 0.4) is 0 Å². The molecule has 0 aromatic carbocycles. The average Bonchev–Trinajstić information content (AvgIpc) is 2.42. The van der Waals surface area contributed by atoms with Gasteiger partial charge < -0.3 is 21.3 Å². The average molecular weight is 312 g/mol. The number of nitrogens with zero attached hydrogens (tertiary/aromatic N) is 1. The molecule has 0 aromatic rings. The van der Waals surface area contributed by atoms with Crippen molar-refractivity contribution in [2.45, 2.75) is 52.5 Å². The van der Waals surface area contributed by atoms with E-state index in [2.05, 4.69) is 24.5 Å². The first kappa shape index (κ1) is 18.7. The number of amides is 3. The molecule has 1 saturated heterocycles. The second-order valence-corrected chi connectivity index (χ2v) is 7.50. The van der Waals surface area contributed by atoms with Crippen LogP contribution in [0.5, 0.6) is 0 Å². The first-order valence-electron chi connectivity index (χ1n) is 8.25. The van der Waals surface area contributed by atoms with E-state index in [9.17, 15) is 9.59 Å². The Hall–Kier alpha value is -1.30. The number of carbonyl (C=O) groups excluding carboxylic acids is 2. The molecule has 1 aliphatic heterocycles. The molecule has 0 spiro atoms. The highest BCUT2D eigenvalue weighted by Crippen LogP contribution is 2.19. The van der Waals surface area contributed by atoms with Crippen molar-refractivity contribution in [2.75, 3.05) is 26.2 Å². The number of urea groups is 1. The van der Waals surface area contributed by atoms with Crippen molar-refractivity contribution in [1.29, 1.82) is 0 Å². The topological polar surface area (TPSA) is 87.5 Å². The van der Waals surface area contributed by atoms with Gasteiger partial charge in [0, 0.05) is 38.1 Å². The number of nitrogens with one attached hydrogen (secondary N) is 2. The minimum Gasteiger partial charge on any atom is -0.354 e. The Bertz CT molecular complexity index is 377. The predicted octanol–water partition coefficient (Wildman–Crippen LogP) is 1.31. The van der Waals surface area contributed by atoms with Gasteiger partial charge in [-0.15, -0.1) is 0 Å². The zero-order chi connectivity index (χ0) is 16.8. The molecule has 0 radical (unpaired) electrons. The van der Waals surface area contributed by atoms with Gasteiger partial charge in [-0.3, -0.25) is 4.79 Å². The lowest BCUT2D eigenvalue weighted by Crippen LogP contribution is -2.48. The fourth-order valence-electron chi connectivity index (χ4n) is 2.48. The molecule has 1 aliphatic rings. The molecule has 22 heavy (non-hydrogen) atoms. The fourth-order valence-corrected chi connectivity index (χ4v) is 2.48. The molecule has 1 unspecified atom stereocenters. The Morgan fingerprint density at radius 3 is 2.59 bits per heavy atom. The van der Waals surface area contributed by atoms with Crippen LogP contribution in [0.15, 0.2) is 0 Å². The molecule has 1 atom stereocenters. The summed E-state index contributed by atoms with van der Waals surface area (Å²) in [5.74, 6) is 0.697. The van der Waals surface area contributed by atoms with Crippen LogP contribution in [-0.2, 0) is 4.79 Å². The summed E-state index contributed by atoms with van der Waals surface area (Å²) in [6.45, 7) is 10.5. The summed E-state index contributed by atoms with van der Waals surface area (Å²) in [6, 6.07) is -0.0121. The molecule has 6 nitrogen and oxygen atoms in total. The van der Waals surface area contributed by atoms with E-state index >= 15 is 0 Å². The highest BCUT2D eigenvalue weighted by Gasteiger charge is 2.25. The molecule has 0 aliphatic carbocycles. The van der Waals surface area contributed by atoms with E-state index in [-0.39, 0.29) is 17.9 Å². The van der Waals surface area contributed by atoms with Gasteiger partial charge in [-0.25, -0.2) is 4.79 Å². The molecule has 0 bridgehead atoms. The van der Waals surface area contributed by atoms with Gasteiger partial charge in [0.1, 0.15) is 0 Å². The minimum atomic E-state index is -0.398. The van der Waals surface area contributed by atoms with Gasteiger partial charge in [0.15, 0.2) is 0 Å². The molecule has 4 N–H and O–H groups in total. The van der Waals surface area contributed by atoms with Gasteiger partial charge in [0.2, 0.25) is 5.91 Å². The van der Waals surface area contributed by atoms with E-state index < -0.39 is 5.54 Å². The fraction of sp³-hybridized carbons (Fsp3) is 0.875. The van der Waals surface area contributed by atoms with Gasteiger partial charge in [-0.1, -0.05) is 13.8 Å². The van der Waals surface area contributed by atoms with Crippen LogP contribution in [0, 0.1) is 11.8 Å². The minimum absolute atomic E-state index is 0.0121. The van der Waals surface area contributed by atoms with E-state index in [0.717, 1.165) is 19.4 Å². The number of rotatable bonds is 6. The Balaban J connectivity index is 2.36. The van der Waals surface area contributed by atoms with Crippen molar-refractivity contribution in [3.8, 4) is 0 Å². The molecule has 1 heterocycles. The van der Waals surface area contributed by atoms with E-state index in [4.69, 9.17) is 5.73 Å². The third-order valence-electron chi connectivity index (χ3n) is 3.68. The molecular formula is C16H32N4O2. The maximum Gasteiger partial charge on any atom is 0.317 e. The monoisotopic (exact) mass is 312 g/mol. The maximum absolute atomic E-state index is 12.1. The van der Waals surface area contributed by atoms with Crippen molar-refractivity contribution in [2.24, 2.45) is 17.6 Å². The van der Waals surface area contributed by atoms with Crippen LogP contribution < -0.4 is 16.4 Å². The van der Waals surface area contributed by atoms with Gasteiger partial charge in [-0.05, 0) is 38.5 Å². The van der Waals surface area contributed by atoms with Crippen LogP contribution in [0.25, 0.3) is 0 Å². The Morgan fingerprint density at radius 1 is 1.32 bits per heavy atom. The molecule has 6 heteroatoms. The number of nitrogens with two attached hydrogens (primary N) is 1. The van der Waals surface area contributed by atoms with Crippen LogP contribution in [0.1, 0.15) is 47.0 Å². The van der Waals surface area contributed by atoms with Crippen LogP contribution >= 0.6 is 0 Å². The predicted molar refractivity (Wildman–Crippen MR) is 88.4 cm³/mol. The standard InChI is InChI=1S/C16H32N4O2/c1-12(2)9-18-15(22)20-7-5-6-13(10-20)8-14(21)19-11-16(3,4)17/h12-13H,5-11,17H2,1-4H3,(H,18,22)(H,19,21). The number of hydrogen-bond acceptors (Lipinski definition) is 3. The van der Waals surface area contributed by atoms with E-state index in [1.165, 1.54) is 0 Å². The molecule has 128 valence electrons. The van der Waals surface area contributed by atoms with Crippen molar-refractivity contribution >= 4 is 11.9 Å². The van der Waals surface area contributed by atoms with E-state index in [0.29, 0.717) is 32.0 Å². The van der Waals surface area contributed by atoms with Crippen molar-refractivity contribution in [3.05, 3.63) is 0 Å². The zero-order valence-electron chi connectivity index (χ0n) is 14.4. The quantitative estimate of drug-likeness (QED) is 0.691. The summed E-state index contributed by atoms with van der Waals surface area (Å²) in [4.78, 5) is 25.9. The number of likely N-dealkylation sites (tertiary alicyclic amines) is 1. The zero-order valence-corrected chi connectivity index (χ0v) is 14.4. The molecule has 1 fully saturated rings. The normalized spacial score (nSPS) is 19.2. The highest BCUT2D eigenvalue weighted by molar-refractivity contribution is 5.77. The second-order valence-electron chi connectivity index (χ2n) is 7.50. The smallest absolute Gasteiger partial charge is 0.317 e. The molecular weight excluding hydrogens is 280 g/mol. The molecule has 1 rings (SSSR count). The van der Waals surface area contributed by atoms with Crippen LogP contribution in [0.2, 0.25) is 0 Å². The lowest BCUT2D eigenvalue weighted by atomic mass is 9.94. The Morgan fingerprint density at radius 2 is 2.00 bits per heavy atom. The summed E-state index contributed by atoms with van der Waals surface area (Å²) in [7, 11) is 0. The van der Waals surface area contributed by atoms with Crippen LogP contribution in [-0.4, -0.2) is 48.6 Å². The largest absolute Gasteiger partial charge is 0.354 e. The van der Waals surface area contributed by atoms with Crippen molar-refractivity contribution in [1.82, 2.24) is 15.5 Å². The summed E-state index contributed by atoms with van der Waals surface area (Å²) >= 11 is 0. The van der Waals surface area contributed by atoms with Gasteiger partial charge in [0.25, 0.3) is 0 Å². The molecule has 0 aromatic heterocycles.